The second-order valence-electron chi connectivity index (χ2n) is 2.70. The average molecular weight is 186 g/mol. The van der Waals surface area contributed by atoms with Crippen molar-refractivity contribution in [2.75, 3.05) is 6.61 Å². The van der Waals surface area contributed by atoms with Crippen molar-refractivity contribution in [1.82, 2.24) is 0 Å². The third kappa shape index (κ3) is 3.06. The van der Waals surface area contributed by atoms with E-state index in [4.69, 9.17) is 5.11 Å². The van der Waals surface area contributed by atoms with Gasteiger partial charge in [0.25, 0.3) is 0 Å². The van der Waals surface area contributed by atoms with E-state index in [1.165, 1.54) is 0 Å². The first-order valence-corrected chi connectivity index (χ1v) is 4.27. The Morgan fingerprint density at radius 1 is 1.00 bits per heavy atom. The molecule has 0 aliphatic heterocycles. The number of rotatable bonds is 6. The molecule has 0 aromatic carbocycles. The van der Waals surface area contributed by atoms with Crippen LogP contribution in [0.5, 0.6) is 0 Å². The van der Waals surface area contributed by atoms with Gasteiger partial charge in [-0.25, -0.2) is 0 Å². The van der Waals surface area contributed by atoms with Crippen molar-refractivity contribution in [2.24, 2.45) is 5.92 Å². The number of aliphatic hydroxyl groups excluding tert-OH is 1. The van der Waals surface area contributed by atoms with E-state index in [9.17, 15) is 14.4 Å². The van der Waals surface area contributed by atoms with E-state index in [1.54, 1.807) is 13.8 Å². The first-order valence-electron chi connectivity index (χ1n) is 4.27. The third-order valence-electron chi connectivity index (χ3n) is 1.82. The Hall–Kier alpha value is -1.03. The zero-order valence-corrected chi connectivity index (χ0v) is 7.87. The molecule has 0 atom stereocenters. The normalized spacial score (nSPS) is 10.2. The minimum atomic E-state index is -1.24. The molecule has 0 rings (SSSR count). The monoisotopic (exact) mass is 186 g/mol. The zero-order chi connectivity index (χ0) is 10.4. The van der Waals surface area contributed by atoms with Crippen LogP contribution in [0.4, 0.5) is 0 Å². The molecule has 4 nitrogen and oxygen atoms in total. The molecule has 0 heterocycles. The van der Waals surface area contributed by atoms with E-state index < -0.39 is 29.9 Å². The van der Waals surface area contributed by atoms with Crippen LogP contribution in [0.3, 0.4) is 0 Å². The molecular weight excluding hydrogens is 172 g/mol. The fourth-order valence-corrected chi connectivity index (χ4v) is 1.04. The first-order chi connectivity index (χ1) is 6.08. The highest BCUT2D eigenvalue weighted by Gasteiger charge is 2.29. The Balaban J connectivity index is 4.64. The highest BCUT2D eigenvalue weighted by molar-refractivity contribution is 6.19. The molecular formula is C9H14O4. The molecule has 1 N–H and O–H groups in total. The maximum atomic E-state index is 11.2. The van der Waals surface area contributed by atoms with Gasteiger partial charge in [-0.1, -0.05) is 13.8 Å². The molecule has 13 heavy (non-hydrogen) atoms. The SMILES string of the molecule is CCC(=O)C(C(=O)CC)C(=O)CO. The van der Waals surface area contributed by atoms with Crippen molar-refractivity contribution in [3.8, 4) is 0 Å². The number of carbonyl (C=O) groups excluding carboxylic acids is 3. The van der Waals surface area contributed by atoms with Gasteiger partial charge in [0.2, 0.25) is 0 Å². The maximum absolute atomic E-state index is 11.2. The average Bonchev–Trinajstić information content (AvgIpc) is 2.16. The van der Waals surface area contributed by atoms with Crippen LogP contribution in [0.15, 0.2) is 0 Å². The summed E-state index contributed by atoms with van der Waals surface area (Å²) >= 11 is 0. The number of hydrogen-bond donors (Lipinski definition) is 1. The predicted molar refractivity (Wildman–Crippen MR) is 46.2 cm³/mol. The summed E-state index contributed by atoms with van der Waals surface area (Å²) in [5.74, 6) is -2.75. The highest BCUT2D eigenvalue weighted by Crippen LogP contribution is 2.07. The number of hydrogen-bond acceptors (Lipinski definition) is 4. The number of ketones is 3. The van der Waals surface area contributed by atoms with Crippen molar-refractivity contribution < 1.29 is 19.5 Å². The Bertz CT molecular complexity index is 182. The molecule has 0 aromatic rings. The van der Waals surface area contributed by atoms with Crippen molar-refractivity contribution in [3.63, 3.8) is 0 Å². The van der Waals surface area contributed by atoms with Crippen LogP contribution in [0.2, 0.25) is 0 Å². The van der Waals surface area contributed by atoms with Gasteiger partial charge in [0, 0.05) is 12.8 Å². The Kier molecular flexibility index (Phi) is 5.14. The smallest absolute Gasteiger partial charge is 0.176 e. The Morgan fingerprint density at radius 3 is 1.62 bits per heavy atom. The van der Waals surface area contributed by atoms with Gasteiger partial charge in [-0.3, -0.25) is 14.4 Å². The summed E-state index contributed by atoms with van der Waals surface area (Å²) in [4.78, 5) is 33.3. The van der Waals surface area contributed by atoms with Crippen molar-refractivity contribution in [3.05, 3.63) is 0 Å². The second kappa shape index (κ2) is 5.59. The standard InChI is InChI=1S/C9H14O4/c1-3-6(11)9(7(12)4-2)8(13)5-10/h9-10H,3-5H2,1-2H3. The maximum Gasteiger partial charge on any atom is 0.176 e. The minimum Gasteiger partial charge on any atom is -0.389 e. The summed E-state index contributed by atoms with van der Waals surface area (Å²) in [6.07, 6.45) is 0.282. The fraction of sp³-hybridized carbons (Fsp3) is 0.667. The van der Waals surface area contributed by atoms with Gasteiger partial charge in [-0.05, 0) is 0 Å². The van der Waals surface area contributed by atoms with Crippen LogP contribution >= 0.6 is 0 Å². The fourth-order valence-electron chi connectivity index (χ4n) is 1.04. The van der Waals surface area contributed by atoms with Gasteiger partial charge < -0.3 is 5.11 Å². The molecule has 0 aromatic heterocycles. The lowest BCUT2D eigenvalue weighted by Crippen LogP contribution is -2.33. The Labute approximate surface area is 76.9 Å². The van der Waals surface area contributed by atoms with Crippen LogP contribution in [0.1, 0.15) is 26.7 Å². The zero-order valence-electron chi connectivity index (χ0n) is 7.87. The van der Waals surface area contributed by atoms with Crippen molar-refractivity contribution in [2.45, 2.75) is 26.7 Å². The minimum absolute atomic E-state index is 0.141. The predicted octanol–water partition coefficient (Wildman–Crippen LogP) is 0.122. The molecule has 0 amide bonds. The molecule has 0 fully saturated rings. The molecule has 4 heteroatoms. The number of Topliss-reactive ketones (excluding diaryl/α,β-unsaturated/α-hetero) is 3. The van der Waals surface area contributed by atoms with E-state index in [0.717, 1.165) is 0 Å². The lowest BCUT2D eigenvalue weighted by molar-refractivity contribution is -0.141. The first kappa shape index (κ1) is 12.0. The van der Waals surface area contributed by atoms with E-state index in [1.807, 2.05) is 0 Å². The van der Waals surface area contributed by atoms with E-state index in [2.05, 4.69) is 0 Å². The molecule has 0 bridgehead atoms. The highest BCUT2D eigenvalue weighted by atomic mass is 16.3. The molecule has 0 radical (unpaired) electrons. The third-order valence-corrected chi connectivity index (χ3v) is 1.82. The molecule has 0 aliphatic rings. The quantitative estimate of drug-likeness (QED) is 0.598. The van der Waals surface area contributed by atoms with Crippen molar-refractivity contribution >= 4 is 17.3 Å². The summed E-state index contributed by atoms with van der Waals surface area (Å²) in [5, 5.41) is 8.54. The lowest BCUT2D eigenvalue weighted by Gasteiger charge is -2.09. The largest absolute Gasteiger partial charge is 0.389 e. The van der Waals surface area contributed by atoms with E-state index >= 15 is 0 Å². The summed E-state index contributed by atoms with van der Waals surface area (Å²) in [6.45, 7) is 2.42. The van der Waals surface area contributed by atoms with Gasteiger partial charge in [0.1, 0.15) is 12.5 Å². The van der Waals surface area contributed by atoms with Crippen molar-refractivity contribution in [1.29, 1.82) is 0 Å². The number of aliphatic hydroxyl groups is 1. The Morgan fingerprint density at radius 2 is 1.38 bits per heavy atom. The van der Waals surface area contributed by atoms with E-state index in [-0.39, 0.29) is 12.8 Å². The molecule has 0 saturated heterocycles. The lowest BCUT2D eigenvalue weighted by atomic mass is 9.91. The van der Waals surface area contributed by atoms with Gasteiger partial charge in [-0.2, -0.15) is 0 Å². The number of carbonyl (C=O) groups is 3. The van der Waals surface area contributed by atoms with Crippen LogP contribution in [-0.2, 0) is 14.4 Å². The van der Waals surface area contributed by atoms with Gasteiger partial charge in [0.15, 0.2) is 17.3 Å². The molecule has 0 saturated carbocycles. The van der Waals surface area contributed by atoms with Gasteiger partial charge in [0.05, 0.1) is 0 Å². The molecule has 0 aliphatic carbocycles. The van der Waals surface area contributed by atoms with Crippen LogP contribution in [0.25, 0.3) is 0 Å². The van der Waals surface area contributed by atoms with Gasteiger partial charge >= 0.3 is 0 Å². The van der Waals surface area contributed by atoms with Crippen LogP contribution in [-0.4, -0.2) is 29.1 Å². The molecule has 0 unspecified atom stereocenters. The van der Waals surface area contributed by atoms with Crippen LogP contribution < -0.4 is 0 Å². The summed E-state index contributed by atoms with van der Waals surface area (Å²) < 4.78 is 0. The molecule has 74 valence electrons. The summed E-state index contributed by atoms with van der Waals surface area (Å²) in [5.41, 5.74) is 0. The summed E-state index contributed by atoms with van der Waals surface area (Å²) in [6, 6.07) is 0. The van der Waals surface area contributed by atoms with E-state index in [0.29, 0.717) is 0 Å². The molecule has 0 spiro atoms. The van der Waals surface area contributed by atoms with Crippen LogP contribution in [0, 0.1) is 5.92 Å². The summed E-state index contributed by atoms with van der Waals surface area (Å²) in [7, 11) is 0. The van der Waals surface area contributed by atoms with Gasteiger partial charge in [-0.15, -0.1) is 0 Å². The topological polar surface area (TPSA) is 71.4 Å². The second-order valence-corrected chi connectivity index (χ2v) is 2.70.